The molecule has 3 aromatic rings. The van der Waals surface area contributed by atoms with E-state index in [-0.39, 0.29) is 11.3 Å². The molecule has 2 aromatic carbocycles. The number of phenols is 1. The molecule has 1 fully saturated rings. The maximum atomic E-state index is 13.6. The molecule has 0 amide bonds. The first-order valence-electron chi connectivity index (χ1n) is 10.3. The lowest BCUT2D eigenvalue weighted by Gasteiger charge is -2.30. The Balaban J connectivity index is 1.81. The van der Waals surface area contributed by atoms with Crippen LogP contribution in [0.2, 0.25) is 0 Å². The van der Waals surface area contributed by atoms with Crippen LogP contribution in [-0.2, 0) is 13.0 Å². The van der Waals surface area contributed by atoms with E-state index in [1.165, 1.54) is 12.0 Å². The second-order valence-electron chi connectivity index (χ2n) is 7.63. The third-order valence-electron chi connectivity index (χ3n) is 5.60. The molecule has 5 heteroatoms. The molecule has 1 saturated heterocycles. The zero-order valence-corrected chi connectivity index (χ0v) is 16.8. The van der Waals surface area contributed by atoms with Gasteiger partial charge in [-0.05, 0) is 50.3 Å². The Labute approximate surface area is 171 Å². The van der Waals surface area contributed by atoms with Gasteiger partial charge in [0, 0.05) is 19.6 Å². The lowest BCUT2D eigenvalue weighted by atomic mass is 10.1. The second-order valence-corrected chi connectivity index (χ2v) is 7.63. The molecule has 0 spiro atoms. The quantitative estimate of drug-likeness (QED) is 0.712. The molecule has 1 aromatic heterocycles. The highest BCUT2D eigenvalue weighted by Crippen LogP contribution is 2.29. The molecule has 5 nitrogen and oxygen atoms in total. The van der Waals surface area contributed by atoms with Crippen molar-refractivity contribution in [2.24, 2.45) is 0 Å². The summed E-state index contributed by atoms with van der Waals surface area (Å²) in [6.07, 6.45) is 4.14. The van der Waals surface area contributed by atoms with Crippen molar-refractivity contribution < 1.29 is 5.11 Å². The number of hydrogen-bond donors (Lipinski definition) is 1. The average Bonchev–Trinajstić information content (AvgIpc) is 2.75. The summed E-state index contributed by atoms with van der Waals surface area (Å²) in [5.41, 5.74) is 3.17. The van der Waals surface area contributed by atoms with Crippen molar-refractivity contribution in [1.82, 2.24) is 9.55 Å². The Morgan fingerprint density at radius 1 is 0.966 bits per heavy atom. The van der Waals surface area contributed by atoms with Crippen LogP contribution in [0.1, 0.15) is 30.5 Å². The summed E-state index contributed by atoms with van der Waals surface area (Å²) >= 11 is 0. The molecule has 150 valence electrons. The number of para-hydroxylation sites is 1. The van der Waals surface area contributed by atoms with E-state index in [1.54, 1.807) is 16.7 Å². The summed E-state index contributed by atoms with van der Waals surface area (Å²) in [4.78, 5) is 20.6. The molecule has 1 N–H and O–H groups in total. The van der Waals surface area contributed by atoms with Gasteiger partial charge in [-0.15, -0.1) is 0 Å². The highest BCUT2D eigenvalue weighted by atomic mass is 16.3. The molecule has 2 heterocycles. The van der Waals surface area contributed by atoms with Gasteiger partial charge in [0.1, 0.15) is 17.3 Å². The Kier molecular flexibility index (Phi) is 5.65. The van der Waals surface area contributed by atoms with Crippen LogP contribution >= 0.6 is 0 Å². The van der Waals surface area contributed by atoms with Crippen molar-refractivity contribution in [1.29, 1.82) is 0 Å². The number of phenolic OH excluding ortho intramolecular Hbond substituents is 1. The second kappa shape index (κ2) is 8.52. The largest absolute Gasteiger partial charge is 0.507 e. The van der Waals surface area contributed by atoms with Gasteiger partial charge >= 0.3 is 0 Å². The van der Waals surface area contributed by atoms with E-state index in [9.17, 15) is 9.90 Å². The number of aromatic nitrogens is 2. The third-order valence-corrected chi connectivity index (χ3v) is 5.60. The third kappa shape index (κ3) is 4.04. The minimum atomic E-state index is -0.0198. The van der Waals surface area contributed by atoms with Crippen LogP contribution in [0.15, 0.2) is 59.4 Å². The minimum absolute atomic E-state index is 0.0198. The molecule has 0 bridgehead atoms. The van der Waals surface area contributed by atoms with Crippen molar-refractivity contribution in [2.75, 3.05) is 18.0 Å². The van der Waals surface area contributed by atoms with Gasteiger partial charge in [-0.1, -0.05) is 42.5 Å². The summed E-state index contributed by atoms with van der Waals surface area (Å²) < 4.78 is 1.74. The van der Waals surface area contributed by atoms with E-state index in [1.807, 2.05) is 37.3 Å². The number of nitrogens with zero attached hydrogens (tertiary/aromatic N) is 3. The predicted octanol–water partition coefficient (Wildman–Crippen LogP) is 4.16. The summed E-state index contributed by atoms with van der Waals surface area (Å²) in [6, 6.07) is 17.2. The molecule has 0 saturated carbocycles. The molecular formula is C24H27N3O2. The van der Waals surface area contributed by atoms with E-state index >= 15 is 0 Å². The van der Waals surface area contributed by atoms with Gasteiger partial charge in [0.2, 0.25) is 0 Å². The molecule has 0 atom stereocenters. The lowest BCUT2D eigenvalue weighted by molar-refractivity contribution is 0.476. The van der Waals surface area contributed by atoms with Crippen molar-refractivity contribution in [3.05, 3.63) is 76.2 Å². The zero-order chi connectivity index (χ0) is 20.2. The number of aryl methyl sites for hydroxylation is 2. The summed E-state index contributed by atoms with van der Waals surface area (Å²) in [7, 11) is 0. The SMILES string of the molecule is Cc1nc(-c2ccccc2O)n(CCc2ccccc2)c(=O)c1N1CCCCC1. The van der Waals surface area contributed by atoms with Gasteiger partial charge < -0.3 is 10.0 Å². The van der Waals surface area contributed by atoms with Crippen molar-refractivity contribution in [3.8, 4) is 17.1 Å². The van der Waals surface area contributed by atoms with Gasteiger partial charge in [0.15, 0.2) is 0 Å². The number of anilines is 1. The van der Waals surface area contributed by atoms with Crippen molar-refractivity contribution >= 4 is 5.69 Å². The minimum Gasteiger partial charge on any atom is -0.507 e. The van der Waals surface area contributed by atoms with E-state index in [4.69, 9.17) is 4.98 Å². The highest BCUT2D eigenvalue weighted by Gasteiger charge is 2.22. The Bertz CT molecular complexity index is 1040. The monoisotopic (exact) mass is 389 g/mol. The summed E-state index contributed by atoms with van der Waals surface area (Å²) in [5, 5.41) is 10.4. The number of benzene rings is 2. The normalized spacial score (nSPS) is 14.2. The average molecular weight is 389 g/mol. The van der Waals surface area contributed by atoms with Gasteiger partial charge in [-0.3, -0.25) is 9.36 Å². The van der Waals surface area contributed by atoms with Crippen LogP contribution in [0.25, 0.3) is 11.4 Å². The Morgan fingerprint density at radius 2 is 1.66 bits per heavy atom. The summed E-state index contributed by atoms with van der Waals surface area (Å²) in [5.74, 6) is 0.667. The standard InChI is InChI=1S/C24H27N3O2/c1-18-22(26-15-8-3-9-16-26)24(29)27(17-14-19-10-4-2-5-11-19)23(25-18)20-12-6-7-13-21(20)28/h2,4-7,10-13,28H,3,8-9,14-17H2,1H3. The molecule has 0 aliphatic carbocycles. The molecule has 1 aliphatic heterocycles. The van der Waals surface area contributed by atoms with E-state index in [0.29, 0.717) is 23.6 Å². The van der Waals surface area contributed by atoms with Crippen LogP contribution in [0.4, 0.5) is 5.69 Å². The Morgan fingerprint density at radius 3 is 2.38 bits per heavy atom. The predicted molar refractivity (Wildman–Crippen MR) is 117 cm³/mol. The van der Waals surface area contributed by atoms with Crippen LogP contribution < -0.4 is 10.5 Å². The van der Waals surface area contributed by atoms with Gasteiger partial charge in [0.05, 0.1) is 11.3 Å². The Hall–Kier alpha value is -3.08. The zero-order valence-electron chi connectivity index (χ0n) is 16.8. The van der Waals surface area contributed by atoms with Crippen LogP contribution in [0, 0.1) is 6.92 Å². The number of hydrogen-bond acceptors (Lipinski definition) is 4. The topological polar surface area (TPSA) is 58.4 Å². The van der Waals surface area contributed by atoms with Crippen molar-refractivity contribution in [3.63, 3.8) is 0 Å². The fourth-order valence-electron chi connectivity index (χ4n) is 4.09. The van der Waals surface area contributed by atoms with E-state index in [0.717, 1.165) is 38.0 Å². The molecule has 0 radical (unpaired) electrons. The van der Waals surface area contributed by atoms with Gasteiger partial charge in [0.25, 0.3) is 5.56 Å². The molecular weight excluding hydrogens is 362 g/mol. The fourth-order valence-corrected chi connectivity index (χ4v) is 4.09. The highest BCUT2D eigenvalue weighted by molar-refractivity contribution is 5.65. The van der Waals surface area contributed by atoms with E-state index < -0.39 is 0 Å². The smallest absolute Gasteiger partial charge is 0.277 e. The van der Waals surface area contributed by atoms with Crippen LogP contribution in [0.3, 0.4) is 0 Å². The first kappa shape index (κ1) is 19.2. The van der Waals surface area contributed by atoms with Gasteiger partial charge in [-0.25, -0.2) is 4.98 Å². The number of rotatable bonds is 5. The molecule has 29 heavy (non-hydrogen) atoms. The lowest BCUT2D eigenvalue weighted by Crippen LogP contribution is -2.38. The first-order valence-corrected chi connectivity index (χ1v) is 10.3. The fraction of sp³-hybridized carbons (Fsp3) is 0.333. The van der Waals surface area contributed by atoms with Crippen LogP contribution in [-0.4, -0.2) is 27.7 Å². The van der Waals surface area contributed by atoms with E-state index in [2.05, 4.69) is 17.0 Å². The van der Waals surface area contributed by atoms with Crippen molar-refractivity contribution in [2.45, 2.75) is 39.2 Å². The summed E-state index contributed by atoms with van der Waals surface area (Å²) in [6.45, 7) is 4.20. The molecule has 4 rings (SSSR count). The van der Waals surface area contributed by atoms with Crippen LogP contribution in [0.5, 0.6) is 5.75 Å². The first-order chi connectivity index (χ1) is 14.1. The molecule has 1 aliphatic rings. The maximum Gasteiger partial charge on any atom is 0.277 e. The maximum absolute atomic E-state index is 13.6. The number of aromatic hydroxyl groups is 1. The van der Waals surface area contributed by atoms with Gasteiger partial charge in [-0.2, -0.15) is 0 Å². The number of piperidine rings is 1. The molecule has 0 unspecified atom stereocenters.